The van der Waals surface area contributed by atoms with Gasteiger partial charge < -0.3 is 15.0 Å². The molecular formula is C15H24Cl2N2O. The molecule has 0 aliphatic carbocycles. The monoisotopic (exact) mass is 318 g/mol. The van der Waals surface area contributed by atoms with Crippen molar-refractivity contribution in [2.75, 3.05) is 44.3 Å². The third kappa shape index (κ3) is 4.26. The minimum Gasteiger partial charge on any atom is -0.378 e. The van der Waals surface area contributed by atoms with Crippen LogP contribution in [0.3, 0.4) is 0 Å². The van der Waals surface area contributed by atoms with Gasteiger partial charge in [0.25, 0.3) is 0 Å². The molecule has 2 saturated heterocycles. The van der Waals surface area contributed by atoms with Crippen molar-refractivity contribution in [3.8, 4) is 0 Å². The number of halogens is 2. The largest absolute Gasteiger partial charge is 0.378 e. The number of anilines is 1. The van der Waals surface area contributed by atoms with Crippen molar-refractivity contribution >= 4 is 30.5 Å². The van der Waals surface area contributed by atoms with Crippen molar-refractivity contribution in [1.82, 2.24) is 5.32 Å². The molecule has 0 aromatic heterocycles. The lowest BCUT2D eigenvalue weighted by Crippen LogP contribution is -2.36. The summed E-state index contributed by atoms with van der Waals surface area (Å²) >= 11 is 0. The van der Waals surface area contributed by atoms with E-state index in [1.807, 2.05) is 0 Å². The van der Waals surface area contributed by atoms with Crippen LogP contribution in [-0.2, 0) is 4.74 Å². The van der Waals surface area contributed by atoms with Crippen molar-refractivity contribution in [3.05, 3.63) is 29.8 Å². The van der Waals surface area contributed by atoms with Crippen LogP contribution in [0.25, 0.3) is 0 Å². The Morgan fingerprint density at radius 3 is 2.45 bits per heavy atom. The van der Waals surface area contributed by atoms with Gasteiger partial charge in [0.05, 0.1) is 13.2 Å². The number of benzene rings is 1. The first kappa shape index (κ1) is 17.6. The van der Waals surface area contributed by atoms with E-state index in [2.05, 4.69) is 34.5 Å². The van der Waals surface area contributed by atoms with Crippen molar-refractivity contribution in [3.63, 3.8) is 0 Å². The highest BCUT2D eigenvalue weighted by atomic mass is 35.5. The van der Waals surface area contributed by atoms with E-state index in [4.69, 9.17) is 4.74 Å². The Morgan fingerprint density at radius 2 is 1.75 bits per heavy atom. The number of nitrogens with one attached hydrogen (secondary N) is 1. The molecule has 20 heavy (non-hydrogen) atoms. The summed E-state index contributed by atoms with van der Waals surface area (Å²) in [7, 11) is 0. The van der Waals surface area contributed by atoms with E-state index in [0.29, 0.717) is 0 Å². The maximum atomic E-state index is 5.42. The summed E-state index contributed by atoms with van der Waals surface area (Å²) in [5, 5.41) is 3.44. The average molecular weight is 319 g/mol. The second-order valence-electron chi connectivity index (χ2n) is 5.22. The van der Waals surface area contributed by atoms with Gasteiger partial charge in [-0.25, -0.2) is 0 Å². The van der Waals surface area contributed by atoms with Gasteiger partial charge in [0, 0.05) is 18.8 Å². The van der Waals surface area contributed by atoms with Crippen molar-refractivity contribution in [2.24, 2.45) is 0 Å². The third-order valence-corrected chi connectivity index (χ3v) is 4.06. The molecule has 0 amide bonds. The highest BCUT2D eigenvalue weighted by Gasteiger charge is 2.17. The Morgan fingerprint density at radius 1 is 1.05 bits per heavy atom. The van der Waals surface area contributed by atoms with Gasteiger partial charge in [-0.05, 0) is 49.5 Å². The van der Waals surface area contributed by atoms with Gasteiger partial charge in [-0.2, -0.15) is 0 Å². The van der Waals surface area contributed by atoms with Crippen LogP contribution >= 0.6 is 24.8 Å². The number of ether oxygens (including phenoxy) is 1. The summed E-state index contributed by atoms with van der Waals surface area (Å²) in [4.78, 5) is 2.44. The fourth-order valence-electron chi connectivity index (χ4n) is 2.95. The van der Waals surface area contributed by atoms with Crippen molar-refractivity contribution in [2.45, 2.75) is 18.8 Å². The van der Waals surface area contributed by atoms with E-state index in [0.717, 1.165) is 45.3 Å². The Labute approximate surface area is 133 Å². The quantitative estimate of drug-likeness (QED) is 0.907. The molecule has 0 saturated carbocycles. The highest BCUT2D eigenvalue weighted by Crippen LogP contribution is 2.28. The first-order valence-electron chi connectivity index (χ1n) is 7.07. The maximum Gasteiger partial charge on any atom is 0.0642 e. The van der Waals surface area contributed by atoms with Crippen molar-refractivity contribution < 1.29 is 4.74 Å². The van der Waals surface area contributed by atoms with Crippen LogP contribution in [0, 0.1) is 0 Å². The SMILES string of the molecule is Cl.Cl.c1cc(C2CCNCC2)cc(N2CCOCC2)c1. The molecule has 0 spiro atoms. The first-order chi connectivity index (χ1) is 8.93. The lowest BCUT2D eigenvalue weighted by molar-refractivity contribution is 0.122. The first-order valence-corrected chi connectivity index (χ1v) is 7.07. The summed E-state index contributed by atoms with van der Waals surface area (Å²) in [6, 6.07) is 9.12. The average Bonchev–Trinajstić information content (AvgIpc) is 2.49. The molecule has 0 unspecified atom stereocenters. The summed E-state index contributed by atoms with van der Waals surface area (Å²) in [6.45, 7) is 6.08. The predicted octanol–water partition coefficient (Wildman–Crippen LogP) is 2.83. The van der Waals surface area contributed by atoms with E-state index in [-0.39, 0.29) is 24.8 Å². The molecule has 5 heteroatoms. The molecule has 1 aromatic rings. The number of piperidine rings is 1. The van der Waals surface area contributed by atoms with Gasteiger partial charge in [-0.3, -0.25) is 0 Å². The molecule has 0 atom stereocenters. The fourth-order valence-corrected chi connectivity index (χ4v) is 2.95. The van der Waals surface area contributed by atoms with E-state index in [1.165, 1.54) is 24.1 Å². The Kier molecular flexibility index (Phi) is 7.67. The summed E-state index contributed by atoms with van der Waals surface area (Å²) < 4.78 is 5.42. The Bertz CT molecular complexity index is 358. The molecule has 2 heterocycles. The normalized spacial score (nSPS) is 19.9. The third-order valence-electron chi connectivity index (χ3n) is 4.06. The highest BCUT2D eigenvalue weighted by molar-refractivity contribution is 5.85. The van der Waals surface area contributed by atoms with Crippen LogP contribution in [0.4, 0.5) is 5.69 Å². The Balaban J connectivity index is 0.000001000. The molecule has 1 aromatic carbocycles. The molecular weight excluding hydrogens is 295 g/mol. The van der Waals surface area contributed by atoms with Crippen LogP contribution in [0.1, 0.15) is 24.3 Å². The zero-order valence-corrected chi connectivity index (χ0v) is 13.3. The molecule has 2 aliphatic rings. The minimum absolute atomic E-state index is 0. The summed E-state index contributed by atoms with van der Waals surface area (Å²) in [5.74, 6) is 0.743. The van der Waals surface area contributed by atoms with E-state index in [1.54, 1.807) is 0 Å². The standard InChI is InChI=1S/C15H22N2O.2ClH/c1-2-14(13-4-6-16-7-5-13)12-15(3-1)17-8-10-18-11-9-17;;/h1-3,12-13,16H,4-11H2;2*1H. The summed E-state index contributed by atoms with van der Waals surface area (Å²) in [6.07, 6.45) is 2.54. The molecule has 1 N–H and O–H groups in total. The molecule has 0 radical (unpaired) electrons. The van der Waals surface area contributed by atoms with E-state index < -0.39 is 0 Å². The van der Waals surface area contributed by atoms with Gasteiger partial charge in [-0.1, -0.05) is 12.1 Å². The molecule has 2 fully saturated rings. The van der Waals surface area contributed by atoms with Crippen LogP contribution in [0.5, 0.6) is 0 Å². The molecule has 2 aliphatic heterocycles. The van der Waals surface area contributed by atoms with Crippen LogP contribution in [-0.4, -0.2) is 39.4 Å². The molecule has 3 nitrogen and oxygen atoms in total. The smallest absolute Gasteiger partial charge is 0.0642 e. The fraction of sp³-hybridized carbons (Fsp3) is 0.600. The molecule has 114 valence electrons. The number of rotatable bonds is 2. The van der Waals surface area contributed by atoms with E-state index in [9.17, 15) is 0 Å². The van der Waals surface area contributed by atoms with Gasteiger partial charge in [-0.15, -0.1) is 24.8 Å². The van der Waals surface area contributed by atoms with Gasteiger partial charge in [0.1, 0.15) is 0 Å². The van der Waals surface area contributed by atoms with Crippen LogP contribution in [0.15, 0.2) is 24.3 Å². The number of hydrogen-bond acceptors (Lipinski definition) is 3. The van der Waals surface area contributed by atoms with Crippen LogP contribution < -0.4 is 10.2 Å². The van der Waals surface area contributed by atoms with Gasteiger partial charge in [0.2, 0.25) is 0 Å². The molecule has 3 rings (SSSR count). The lowest BCUT2D eigenvalue weighted by atomic mass is 9.90. The second kappa shape index (κ2) is 8.73. The zero-order valence-electron chi connectivity index (χ0n) is 11.7. The lowest BCUT2D eigenvalue weighted by Gasteiger charge is -2.30. The number of morpholine rings is 1. The van der Waals surface area contributed by atoms with Gasteiger partial charge >= 0.3 is 0 Å². The maximum absolute atomic E-state index is 5.42. The minimum atomic E-state index is 0. The summed E-state index contributed by atoms with van der Waals surface area (Å²) in [5.41, 5.74) is 2.88. The van der Waals surface area contributed by atoms with Crippen LogP contribution in [0.2, 0.25) is 0 Å². The molecule has 0 bridgehead atoms. The topological polar surface area (TPSA) is 24.5 Å². The number of nitrogens with zero attached hydrogens (tertiary/aromatic N) is 1. The predicted molar refractivity (Wildman–Crippen MR) is 88.8 cm³/mol. The van der Waals surface area contributed by atoms with Gasteiger partial charge in [0.15, 0.2) is 0 Å². The zero-order chi connectivity index (χ0) is 12.2. The Hall–Kier alpha value is -0.480. The van der Waals surface area contributed by atoms with E-state index >= 15 is 0 Å². The second-order valence-corrected chi connectivity index (χ2v) is 5.22. The van der Waals surface area contributed by atoms with Crippen molar-refractivity contribution in [1.29, 1.82) is 0 Å². The number of hydrogen-bond donors (Lipinski definition) is 1.